The molecule has 0 saturated heterocycles. The second-order valence-electron chi connectivity index (χ2n) is 5.47. The molecule has 2 unspecified atom stereocenters. The lowest BCUT2D eigenvalue weighted by atomic mass is 10.0. The maximum absolute atomic E-state index is 11.4. The molecule has 19 heavy (non-hydrogen) atoms. The molecular formula is C16H23NO2. The molecule has 3 nitrogen and oxygen atoms in total. The largest absolute Gasteiger partial charge is 0.496 e. The fourth-order valence-corrected chi connectivity index (χ4v) is 2.84. The van der Waals surface area contributed by atoms with Crippen molar-refractivity contribution in [2.24, 2.45) is 0 Å². The Labute approximate surface area is 115 Å². The van der Waals surface area contributed by atoms with Crippen molar-refractivity contribution in [1.29, 1.82) is 0 Å². The molecule has 1 aliphatic carbocycles. The van der Waals surface area contributed by atoms with Gasteiger partial charge in [0.1, 0.15) is 11.5 Å². The van der Waals surface area contributed by atoms with Crippen LogP contribution in [0.25, 0.3) is 0 Å². The van der Waals surface area contributed by atoms with Gasteiger partial charge >= 0.3 is 0 Å². The standard InChI is InChI=1S/C16H23NO2/c1-12(17(2)14-8-9-15(18)11-14)10-13-6-4-5-7-16(13)19-3/h4-7,12,14H,8-11H2,1-3H3. The van der Waals surface area contributed by atoms with Crippen molar-refractivity contribution in [2.45, 2.75) is 44.7 Å². The monoisotopic (exact) mass is 261 g/mol. The minimum absolute atomic E-state index is 0.404. The van der Waals surface area contributed by atoms with Gasteiger partial charge in [-0.05, 0) is 38.4 Å². The Morgan fingerprint density at radius 3 is 2.79 bits per heavy atom. The first-order valence-corrected chi connectivity index (χ1v) is 6.97. The summed E-state index contributed by atoms with van der Waals surface area (Å²) in [7, 11) is 3.84. The van der Waals surface area contributed by atoms with Crippen LogP contribution in [0.1, 0.15) is 31.7 Å². The van der Waals surface area contributed by atoms with Gasteiger partial charge in [0.25, 0.3) is 0 Å². The second-order valence-corrected chi connectivity index (χ2v) is 5.47. The smallest absolute Gasteiger partial charge is 0.134 e. The van der Waals surface area contributed by atoms with Crippen molar-refractivity contribution in [3.8, 4) is 5.75 Å². The summed E-state index contributed by atoms with van der Waals surface area (Å²) in [5, 5.41) is 0. The number of carbonyl (C=O) groups excluding carboxylic acids is 1. The van der Waals surface area contributed by atoms with Crippen molar-refractivity contribution >= 4 is 5.78 Å². The van der Waals surface area contributed by atoms with E-state index in [-0.39, 0.29) is 0 Å². The average Bonchev–Trinajstić information content (AvgIpc) is 2.85. The number of hydrogen-bond acceptors (Lipinski definition) is 3. The maximum atomic E-state index is 11.4. The molecule has 104 valence electrons. The molecule has 1 aromatic carbocycles. The molecule has 1 fully saturated rings. The van der Waals surface area contributed by atoms with Gasteiger partial charge in [-0.25, -0.2) is 0 Å². The van der Waals surface area contributed by atoms with Crippen molar-refractivity contribution in [3.63, 3.8) is 0 Å². The number of nitrogens with zero attached hydrogens (tertiary/aromatic N) is 1. The van der Waals surface area contributed by atoms with Crippen molar-refractivity contribution in [3.05, 3.63) is 29.8 Å². The molecule has 0 heterocycles. The predicted octanol–water partition coefficient (Wildman–Crippen LogP) is 2.68. The Morgan fingerprint density at radius 1 is 1.42 bits per heavy atom. The van der Waals surface area contributed by atoms with E-state index >= 15 is 0 Å². The van der Waals surface area contributed by atoms with Gasteiger partial charge in [-0.15, -0.1) is 0 Å². The van der Waals surface area contributed by atoms with Gasteiger partial charge in [-0.2, -0.15) is 0 Å². The second kappa shape index (κ2) is 6.20. The van der Waals surface area contributed by atoms with Crippen LogP contribution in [0.5, 0.6) is 5.75 Å². The van der Waals surface area contributed by atoms with Crippen LogP contribution >= 0.6 is 0 Å². The van der Waals surface area contributed by atoms with Crippen LogP contribution in [0, 0.1) is 0 Å². The van der Waals surface area contributed by atoms with Crippen LogP contribution in [-0.2, 0) is 11.2 Å². The van der Waals surface area contributed by atoms with E-state index in [1.165, 1.54) is 5.56 Å². The number of ketones is 1. The predicted molar refractivity (Wildman–Crippen MR) is 76.6 cm³/mol. The van der Waals surface area contributed by atoms with E-state index in [0.29, 0.717) is 24.3 Å². The summed E-state index contributed by atoms with van der Waals surface area (Å²) in [5.74, 6) is 1.35. The number of likely N-dealkylation sites (N-methyl/N-ethyl adjacent to an activating group) is 1. The number of Topliss-reactive ketones (excluding diaryl/α,β-unsaturated/α-hetero) is 1. The minimum Gasteiger partial charge on any atom is -0.496 e. The van der Waals surface area contributed by atoms with Crippen molar-refractivity contribution in [2.75, 3.05) is 14.2 Å². The first-order chi connectivity index (χ1) is 9.11. The summed E-state index contributed by atoms with van der Waals surface area (Å²) in [6, 6.07) is 8.98. The normalized spacial score (nSPS) is 20.8. The Kier molecular flexibility index (Phi) is 4.59. The summed E-state index contributed by atoms with van der Waals surface area (Å²) in [4.78, 5) is 13.7. The Morgan fingerprint density at radius 2 is 2.16 bits per heavy atom. The number of para-hydroxylation sites is 1. The van der Waals surface area contributed by atoms with E-state index in [1.807, 2.05) is 18.2 Å². The highest BCUT2D eigenvalue weighted by molar-refractivity contribution is 5.81. The zero-order valence-corrected chi connectivity index (χ0v) is 12.1. The van der Waals surface area contributed by atoms with E-state index in [2.05, 4.69) is 24.9 Å². The molecule has 0 radical (unpaired) electrons. The van der Waals surface area contributed by atoms with E-state index in [9.17, 15) is 4.79 Å². The number of benzene rings is 1. The molecule has 0 spiro atoms. The molecule has 1 aromatic rings. The van der Waals surface area contributed by atoms with Crippen LogP contribution < -0.4 is 4.74 Å². The molecule has 0 N–H and O–H groups in total. The Bertz CT molecular complexity index is 444. The van der Waals surface area contributed by atoms with Gasteiger partial charge < -0.3 is 4.74 Å². The summed E-state index contributed by atoms with van der Waals surface area (Å²) in [5.41, 5.74) is 1.23. The fraction of sp³-hybridized carbons (Fsp3) is 0.562. The summed E-state index contributed by atoms with van der Waals surface area (Å²) in [6.45, 7) is 2.22. The highest BCUT2D eigenvalue weighted by atomic mass is 16.5. The molecule has 0 bridgehead atoms. The number of ether oxygens (including phenoxy) is 1. The third-order valence-electron chi connectivity index (χ3n) is 4.20. The van der Waals surface area contributed by atoms with Gasteiger partial charge in [-0.1, -0.05) is 18.2 Å². The highest BCUT2D eigenvalue weighted by Crippen LogP contribution is 2.25. The first-order valence-electron chi connectivity index (χ1n) is 6.97. The molecule has 0 aliphatic heterocycles. The van der Waals surface area contributed by atoms with Crippen molar-refractivity contribution in [1.82, 2.24) is 4.90 Å². The topological polar surface area (TPSA) is 29.5 Å². The van der Waals surface area contributed by atoms with Crippen LogP contribution in [0.3, 0.4) is 0 Å². The number of methoxy groups -OCH3 is 1. The molecule has 3 heteroatoms. The Hall–Kier alpha value is -1.35. The van der Waals surface area contributed by atoms with Crippen LogP contribution in [-0.4, -0.2) is 36.9 Å². The van der Waals surface area contributed by atoms with Crippen LogP contribution in [0.15, 0.2) is 24.3 Å². The molecule has 1 aliphatic rings. The zero-order chi connectivity index (χ0) is 13.8. The lowest BCUT2D eigenvalue weighted by Crippen LogP contribution is -2.38. The SMILES string of the molecule is COc1ccccc1CC(C)N(C)C1CCC(=O)C1. The quantitative estimate of drug-likeness (QED) is 0.816. The first kappa shape index (κ1) is 14.1. The average molecular weight is 261 g/mol. The van der Waals surface area contributed by atoms with Gasteiger partial charge in [-0.3, -0.25) is 9.69 Å². The van der Waals surface area contributed by atoms with Crippen LogP contribution in [0.4, 0.5) is 0 Å². The maximum Gasteiger partial charge on any atom is 0.134 e. The van der Waals surface area contributed by atoms with Gasteiger partial charge in [0.2, 0.25) is 0 Å². The lowest BCUT2D eigenvalue weighted by molar-refractivity contribution is -0.117. The summed E-state index contributed by atoms with van der Waals surface area (Å²) < 4.78 is 5.40. The molecule has 2 atom stereocenters. The van der Waals surface area contributed by atoms with E-state index in [1.54, 1.807) is 7.11 Å². The molecule has 2 rings (SSSR count). The Balaban J connectivity index is 2.00. The highest BCUT2D eigenvalue weighted by Gasteiger charge is 2.28. The van der Waals surface area contributed by atoms with Gasteiger partial charge in [0.05, 0.1) is 7.11 Å². The summed E-state index contributed by atoms with van der Waals surface area (Å²) >= 11 is 0. The van der Waals surface area contributed by atoms with E-state index in [0.717, 1.165) is 25.0 Å². The molecule has 0 amide bonds. The van der Waals surface area contributed by atoms with Gasteiger partial charge in [0, 0.05) is 24.9 Å². The summed E-state index contributed by atoms with van der Waals surface area (Å²) in [6.07, 6.45) is 3.42. The zero-order valence-electron chi connectivity index (χ0n) is 12.1. The number of carbonyl (C=O) groups is 1. The third-order valence-corrected chi connectivity index (χ3v) is 4.20. The minimum atomic E-state index is 0.404. The van der Waals surface area contributed by atoms with E-state index < -0.39 is 0 Å². The number of hydrogen-bond donors (Lipinski definition) is 0. The van der Waals surface area contributed by atoms with Crippen LogP contribution in [0.2, 0.25) is 0 Å². The number of rotatable bonds is 5. The van der Waals surface area contributed by atoms with E-state index in [4.69, 9.17) is 4.74 Å². The molecule has 0 aromatic heterocycles. The van der Waals surface area contributed by atoms with Crippen molar-refractivity contribution < 1.29 is 9.53 Å². The van der Waals surface area contributed by atoms with Gasteiger partial charge in [0.15, 0.2) is 0 Å². The third kappa shape index (κ3) is 3.35. The molecular weight excluding hydrogens is 238 g/mol. The molecule has 1 saturated carbocycles. The fourth-order valence-electron chi connectivity index (χ4n) is 2.84. The lowest BCUT2D eigenvalue weighted by Gasteiger charge is -2.30.